The van der Waals surface area contributed by atoms with Gasteiger partial charge in [-0.15, -0.1) is 10.2 Å². The highest BCUT2D eigenvalue weighted by Gasteiger charge is 2.16. The molecule has 0 fully saturated rings. The summed E-state index contributed by atoms with van der Waals surface area (Å²) >= 11 is 0. The Kier molecular flexibility index (Phi) is 3.23. The molecule has 0 unspecified atom stereocenters. The van der Waals surface area contributed by atoms with E-state index < -0.39 is 0 Å². The van der Waals surface area contributed by atoms with Crippen molar-refractivity contribution < 1.29 is 5.11 Å². The van der Waals surface area contributed by atoms with E-state index in [0.29, 0.717) is 6.54 Å². The van der Waals surface area contributed by atoms with Gasteiger partial charge in [-0.2, -0.15) is 0 Å². The van der Waals surface area contributed by atoms with E-state index in [4.69, 9.17) is 5.11 Å². The first kappa shape index (κ1) is 11.1. The summed E-state index contributed by atoms with van der Waals surface area (Å²) in [5.74, 6) is 1.77. The molecule has 1 rings (SSSR count). The van der Waals surface area contributed by atoms with Crippen LogP contribution in [0.3, 0.4) is 0 Å². The Morgan fingerprint density at radius 3 is 2.50 bits per heavy atom. The summed E-state index contributed by atoms with van der Waals surface area (Å²) < 4.78 is 1.93. The number of nitrogens with one attached hydrogen (secondary N) is 1. The second-order valence-electron chi connectivity index (χ2n) is 4.12. The van der Waals surface area contributed by atoms with E-state index in [1.54, 1.807) is 0 Å². The molecular formula is C9H18N4O. The van der Waals surface area contributed by atoms with Crippen LogP contribution in [0.25, 0.3) is 0 Å². The number of nitrogens with zero attached hydrogens (tertiary/aromatic N) is 3. The van der Waals surface area contributed by atoms with E-state index in [1.165, 1.54) is 0 Å². The molecule has 0 saturated carbocycles. The lowest BCUT2D eigenvalue weighted by molar-refractivity contribution is 0.186. The van der Waals surface area contributed by atoms with Crippen molar-refractivity contribution in [1.29, 1.82) is 0 Å². The zero-order valence-electron chi connectivity index (χ0n) is 9.20. The molecule has 0 saturated heterocycles. The summed E-state index contributed by atoms with van der Waals surface area (Å²) in [7, 11) is 1.93. The minimum atomic E-state index is -0.278. The van der Waals surface area contributed by atoms with Gasteiger partial charge in [-0.1, -0.05) is 0 Å². The Bertz CT molecular complexity index is 306. The number of hydrogen-bond donors (Lipinski definition) is 2. The normalized spacial score (nSPS) is 12.1. The average molecular weight is 198 g/mol. The fraction of sp³-hybridized carbons (Fsp3) is 0.778. The van der Waals surface area contributed by atoms with Crippen molar-refractivity contribution >= 4 is 0 Å². The Hall–Kier alpha value is -0.940. The van der Waals surface area contributed by atoms with Gasteiger partial charge in [0.05, 0.1) is 13.2 Å². The Morgan fingerprint density at radius 1 is 1.43 bits per heavy atom. The topological polar surface area (TPSA) is 63.0 Å². The van der Waals surface area contributed by atoms with Crippen molar-refractivity contribution in [2.24, 2.45) is 7.05 Å². The number of aryl methyl sites for hydroxylation is 1. The maximum Gasteiger partial charge on any atom is 0.146 e. The van der Waals surface area contributed by atoms with Gasteiger partial charge in [-0.25, -0.2) is 0 Å². The van der Waals surface area contributed by atoms with E-state index >= 15 is 0 Å². The van der Waals surface area contributed by atoms with Crippen LogP contribution in [-0.2, 0) is 13.6 Å². The predicted molar refractivity (Wildman–Crippen MR) is 53.7 cm³/mol. The Labute approximate surface area is 84.2 Å². The number of rotatable bonds is 4. The molecule has 80 valence electrons. The standard InChI is InChI=1S/C9H18N4O/c1-7-11-12-8(13(7)4)5-10-9(2,3)6-14/h10,14H,5-6H2,1-4H3. The molecule has 0 amide bonds. The Balaban J connectivity index is 2.58. The van der Waals surface area contributed by atoms with Gasteiger partial charge in [-0.3, -0.25) is 0 Å². The molecule has 0 aliphatic carbocycles. The van der Waals surface area contributed by atoms with Crippen molar-refractivity contribution in [1.82, 2.24) is 20.1 Å². The van der Waals surface area contributed by atoms with E-state index in [2.05, 4.69) is 15.5 Å². The van der Waals surface area contributed by atoms with Crippen LogP contribution in [0, 0.1) is 6.92 Å². The number of hydrogen-bond acceptors (Lipinski definition) is 4. The molecule has 1 aromatic heterocycles. The highest BCUT2D eigenvalue weighted by Crippen LogP contribution is 2.03. The van der Waals surface area contributed by atoms with Crippen LogP contribution in [0.15, 0.2) is 0 Å². The molecule has 0 atom stereocenters. The lowest BCUT2D eigenvalue weighted by atomic mass is 10.1. The van der Waals surface area contributed by atoms with Crippen molar-refractivity contribution in [2.45, 2.75) is 32.9 Å². The second-order valence-corrected chi connectivity index (χ2v) is 4.12. The largest absolute Gasteiger partial charge is 0.394 e. The monoisotopic (exact) mass is 198 g/mol. The summed E-state index contributed by atoms with van der Waals surface area (Å²) in [6.07, 6.45) is 0. The summed E-state index contributed by atoms with van der Waals surface area (Å²) in [5.41, 5.74) is -0.278. The molecule has 0 bridgehead atoms. The molecule has 14 heavy (non-hydrogen) atoms. The van der Waals surface area contributed by atoms with E-state index in [0.717, 1.165) is 11.6 Å². The number of aliphatic hydroxyl groups is 1. The van der Waals surface area contributed by atoms with Gasteiger partial charge in [-0.05, 0) is 20.8 Å². The summed E-state index contributed by atoms with van der Waals surface area (Å²) in [6, 6.07) is 0. The van der Waals surface area contributed by atoms with Gasteiger partial charge in [0.25, 0.3) is 0 Å². The summed E-state index contributed by atoms with van der Waals surface area (Å²) in [5, 5.41) is 20.2. The van der Waals surface area contributed by atoms with Gasteiger partial charge in [0, 0.05) is 12.6 Å². The molecule has 1 aromatic rings. The lowest BCUT2D eigenvalue weighted by Crippen LogP contribution is -2.42. The molecule has 5 heteroatoms. The van der Waals surface area contributed by atoms with E-state index in [9.17, 15) is 0 Å². The highest BCUT2D eigenvalue weighted by atomic mass is 16.3. The van der Waals surface area contributed by atoms with E-state index in [-0.39, 0.29) is 12.1 Å². The van der Waals surface area contributed by atoms with Crippen LogP contribution < -0.4 is 5.32 Å². The van der Waals surface area contributed by atoms with Crippen molar-refractivity contribution in [3.8, 4) is 0 Å². The third-order valence-corrected chi connectivity index (χ3v) is 2.30. The molecule has 1 heterocycles. The highest BCUT2D eigenvalue weighted by molar-refractivity contribution is 4.93. The van der Waals surface area contributed by atoms with Gasteiger partial charge in [0.2, 0.25) is 0 Å². The molecule has 0 aromatic carbocycles. The molecular weight excluding hydrogens is 180 g/mol. The predicted octanol–water partition coefficient (Wildman–Crippen LogP) is -0.0160. The third kappa shape index (κ3) is 2.52. The van der Waals surface area contributed by atoms with Crippen molar-refractivity contribution in [3.63, 3.8) is 0 Å². The van der Waals surface area contributed by atoms with Crippen molar-refractivity contribution in [3.05, 3.63) is 11.6 Å². The molecule has 0 spiro atoms. The first-order valence-electron chi connectivity index (χ1n) is 4.67. The Morgan fingerprint density at radius 2 is 2.07 bits per heavy atom. The van der Waals surface area contributed by atoms with Crippen LogP contribution in [0.5, 0.6) is 0 Å². The second kappa shape index (κ2) is 4.06. The molecule has 0 aliphatic rings. The quantitative estimate of drug-likeness (QED) is 0.714. The fourth-order valence-corrected chi connectivity index (χ4v) is 0.979. The third-order valence-electron chi connectivity index (χ3n) is 2.30. The summed E-state index contributed by atoms with van der Waals surface area (Å²) in [6.45, 7) is 6.51. The first-order chi connectivity index (χ1) is 6.46. The minimum Gasteiger partial charge on any atom is -0.394 e. The van der Waals surface area contributed by atoms with Crippen LogP contribution in [0.2, 0.25) is 0 Å². The van der Waals surface area contributed by atoms with Crippen molar-refractivity contribution in [2.75, 3.05) is 6.61 Å². The maximum absolute atomic E-state index is 9.04. The molecule has 5 nitrogen and oxygen atoms in total. The van der Waals surface area contributed by atoms with Crippen LogP contribution in [0.1, 0.15) is 25.5 Å². The zero-order chi connectivity index (χ0) is 10.8. The smallest absolute Gasteiger partial charge is 0.146 e. The van der Waals surface area contributed by atoms with Gasteiger partial charge < -0.3 is 15.0 Å². The lowest BCUT2D eigenvalue weighted by Gasteiger charge is -2.23. The average Bonchev–Trinajstić information content (AvgIpc) is 2.45. The van der Waals surface area contributed by atoms with Gasteiger partial charge >= 0.3 is 0 Å². The van der Waals surface area contributed by atoms with Gasteiger partial charge in [0.1, 0.15) is 11.6 Å². The summed E-state index contributed by atoms with van der Waals surface area (Å²) in [4.78, 5) is 0. The number of aliphatic hydroxyl groups excluding tert-OH is 1. The molecule has 0 aliphatic heterocycles. The minimum absolute atomic E-state index is 0.101. The number of aromatic nitrogens is 3. The SMILES string of the molecule is Cc1nnc(CNC(C)(C)CO)n1C. The molecule has 2 N–H and O–H groups in total. The van der Waals surface area contributed by atoms with Crippen LogP contribution in [-0.4, -0.2) is 32.0 Å². The fourth-order valence-electron chi connectivity index (χ4n) is 0.979. The van der Waals surface area contributed by atoms with Gasteiger partial charge in [0.15, 0.2) is 0 Å². The maximum atomic E-state index is 9.04. The zero-order valence-corrected chi connectivity index (χ0v) is 9.20. The first-order valence-corrected chi connectivity index (χ1v) is 4.67. The van der Waals surface area contributed by atoms with E-state index in [1.807, 2.05) is 32.4 Å². The molecule has 0 radical (unpaired) electrons. The van der Waals surface area contributed by atoms with Crippen LogP contribution in [0.4, 0.5) is 0 Å². The van der Waals surface area contributed by atoms with Crippen LogP contribution >= 0.6 is 0 Å².